The van der Waals surface area contributed by atoms with Crippen molar-refractivity contribution in [1.29, 1.82) is 0 Å². The number of aliphatic imine (C=N–C) groups is 2. The van der Waals surface area contributed by atoms with Crippen LogP contribution in [0, 0.1) is 0 Å². The summed E-state index contributed by atoms with van der Waals surface area (Å²) in [6.45, 7) is 2.13. The Balaban J connectivity index is 1.21. The molecule has 0 saturated carbocycles. The minimum atomic E-state index is 0.0930. The van der Waals surface area contributed by atoms with E-state index in [1.807, 2.05) is 24.3 Å². The Kier molecular flexibility index (Phi) is 12.1. The summed E-state index contributed by atoms with van der Waals surface area (Å²) in [5.41, 5.74) is 4.33. The molecule has 0 saturated heterocycles. The molecule has 3 aromatic rings. The summed E-state index contributed by atoms with van der Waals surface area (Å²) in [4.78, 5) is 9.88. The maximum atomic E-state index is 8.90. The number of aliphatic hydroxyl groups is 1. The van der Waals surface area contributed by atoms with Crippen LogP contribution in [-0.4, -0.2) is 55.4 Å². The Morgan fingerprint density at radius 1 is 0.605 bits per heavy atom. The van der Waals surface area contributed by atoms with Crippen molar-refractivity contribution in [3.63, 3.8) is 0 Å². The van der Waals surface area contributed by atoms with Gasteiger partial charge in [-0.25, -0.2) is 9.98 Å². The van der Waals surface area contributed by atoms with Crippen LogP contribution >= 0.6 is 0 Å². The molecule has 0 amide bonds. The number of benzene rings is 3. The number of hydrogen-bond acceptors (Lipinski definition) is 6. The summed E-state index contributed by atoms with van der Waals surface area (Å²) in [6.07, 6.45) is 12.2. The zero-order chi connectivity index (χ0) is 29.5. The highest BCUT2D eigenvalue weighted by Crippen LogP contribution is 2.25. The van der Waals surface area contributed by atoms with Gasteiger partial charge in [0.25, 0.3) is 0 Å². The van der Waals surface area contributed by atoms with Crippen molar-refractivity contribution in [2.75, 3.05) is 26.4 Å². The van der Waals surface area contributed by atoms with Crippen molar-refractivity contribution in [1.82, 2.24) is 0 Å². The van der Waals surface area contributed by atoms with Crippen LogP contribution in [0.25, 0.3) is 0 Å². The number of hydrogen-bond donors (Lipinski definition) is 1. The summed E-state index contributed by atoms with van der Waals surface area (Å²) in [5.74, 6) is 2.11. The highest BCUT2D eigenvalue weighted by molar-refractivity contribution is 6.01. The van der Waals surface area contributed by atoms with E-state index in [4.69, 9.17) is 29.3 Å². The molecule has 0 fully saturated rings. The monoisotopic (exact) mass is 582 g/mol. The van der Waals surface area contributed by atoms with E-state index in [-0.39, 0.29) is 12.1 Å². The highest BCUT2D eigenvalue weighted by Gasteiger charge is 2.25. The van der Waals surface area contributed by atoms with Gasteiger partial charge >= 0.3 is 0 Å². The molecule has 6 heteroatoms. The smallest absolute Gasteiger partial charge is 0.216 e. The minimum absolute atomic E-state index is 0.0930. The second-order valence-electron chi connectivity index (χ2n) is 11.7. The first-order valence-corrected chi connectivity index (χ1v) is 16.2. The molecule has 43 heavy (non-hydrogen) atoms. The van der Waals surface area contributed by atoms with Crippen molar-refractivity contribution in [3.05, 3.63) is 101 Å². The fraction of sp³-hybridized carbons (Fsp3) is 0.459. The van der Waals surface area contributed by atoms with Crippen molar-refractivity contribution >= 4 is 11.8 Å². The third-order valence-electron chi connectivity index (χ3n) is 8.02. The molecule has 0 aliphatic carbocycles. The second kappa shape index (κ2) is 16.9. The summed E-state index contributed by atoms with van der Waals surface area (Å²) >= 11 is 0. The summed E-state index contributed by atoms with van der Waals surface area (Å²) in [6, 6.07) is 27.2. The summed E-state index contributed by atoms with van der Waals surface area (Å²) in [5, 5.41) is 8.90. The largest absolute Gasteiger partial charge is 0.494 e. The molecule has 228 valence electrons. The molecule has 5 rings (SSSR count). The van der Waals surface area contributed by atoms with Crippen LogP contribution in [-0.2, 0) is 22.3 Å². The van der Waals surface area contributed by atoms with Gasteiger partial charge in [0, 0.05) is 17.7 Å². The lowest BCUT2D eigenvalue weighted by Gasteiger charge is -2.11. The Hall–Kier alpha value is -3.64. The Morgan fingerprint density at radius 3 is 1.56 bits per heavy atom. The number of nitrogens with zero attached hydrogens (tertiary/aromatic N) is 2. The molecule has 0 aromatic heterocycles. The summed E-state index contributed by atoms with van der Waals surface area (Å²) in [7, 11) is 0. The van der Waals surface area contributed by atoms with E-state index in [0.29, 0.717) is 38.2 Å². The van der Waals surface area contributed by atoms with E-state index >= 15 is 0 Å². The van der Waals surface area contributed by atoms with Crippen molar-refractivity contribution in [2.45, 2.75) is 82.7 Å². The van der Waals surface area contributed by atoms with E-state index in [0.717, 1.165) is 55.4 Å². The average Bonchev–Trinajstić information content (AvgIpc) is 3.71. The molecule has 1 N–H and O–H groups in total. The first-order chi connectivity index (χ1) is 21.3. The van der Waals surface area contributed by atoms with Gasteiger partial charge in [0.2, 0.25) is 11.8 Å². The predicted molar refractivity (Wildman–Crippen MR) is 173 cm³/mol. The van der Waals surface area contributed by atoms with E-state index in [9.17, 15) is 0 Å². The lowest BCUT2D eigenvalue weighted by Crippen LogP contribution is -2.10. The maximum absolute atomic E-state index is 8.90. The molecule has 2 aliphatic rings. The van der Waals surface area contributed by atoms with Crippen LogP contribution < -0.4 is 4.74 Å². The first kappa shape index (κ1) is 30.8. The van der Waals surface area contributed by atoms with Crippen LogP contribution in [0.5, 0.6) is 5.75 Å². The maximum Gasteiger partial charge on any atom is 0.216 e. The van der Waals surface area contributed by atoms with E-state index in [1.165, 1.54) is 43.2 Å². The molecule has 0 unspecified atom stereocenters. The highest BCUT2D eigenvalue weighted by atomic mass is 16.5. The standard InChI is InChI=1S/C37H46N2O4/c40-20-14-6-4-2-1-3-5-7-15-21-41-35-25-31(36-38-33(27-42-36)22-29-16-10-8-11-17-29)24-32(26-35)37-39-34(28-43-37)23-30-18-12-9-13-19-30/h8-13,16-19,24-26,33-34,40H,1-7,14-15,20-23,27-28H2/t33-,34-/m1/s1. The molecular weight excluding hydrogens is 536 g/mol. The van der Waals surface area contributed by atoms with Crippen molar-refractivity contribution in [2.24, 2.45) is 9.98 Å². The number of rotatable bonds is 18. The minimum Gasteiger partial charge on any atom is -0.494 e. The topological polar surface area (TPSA) is 72.6 Å². The summed E-state index contributed by atoms with van der Waals surface area (Å²) < 4.78 is 18.5. The lowest BCUT2D eigenvalue weighted by atomic mass is 10.1. The first-order valence-electron chi connectivity index (χ1n) is 16.2. The second-order valence-corrected chi connectivity index (χ2v) is 11.7. The van der Waals surface area contributed by atoms with Gasteiger partial charge in [-0.05, 0) is 55.0 Å². The zero-order valence-corrected chi connectivity index (χ0v) is 25.3. The molecule has 2 heterocycles. The normalized spacial score (nSPS) is 17.7. The third kappa shape index (κ3) is 9.96. The lowest BCUT2D eigenvalue weighted by molar-refractivity contribution is 0.282. The van der Waals surface area contributed by atoms with Gasteiger partial charge in [0.1, 0.15) is 19.0 Å². The molecule has 2 aliphatic heterocycles. The van der Waals surface area contributed by atoms with Crippen LogP contribution in [0.15, 0.2) is 88.8 Å². The van der Waals surface area contributed by atoms with Gasteiger partial charge < -0.3 is 19.3 Å². The number of aliphatic hydroxyl groups excluding tert-OH is 1. The van der Waals surface area contributed by atoms with Crippen LogP contribution in [0.2, 0.25) is 0 Å². The van der Waals surface area contributed by atoms with Crippen LogP contribution in [0.4, 0.5) is 0 Å². The molecule has 3 aromatic carbocycles. The van der Waals surface area contributed by atoms with Gasteiger partial charge in [-0.2, -0.15) is 0 Å². The molecule has 0 spiro atoms. The quantitative estimate of drug-likeness (QED) is 0.159. The number of ether oxygens (including phenoxy) is 3. The van der Waals surface area contributed by atoms with E-state index < -0.39 is 0 Å². The van der Waals surface area contributed by atoms with Crippen molar-refractivity contribution < 1.29 is 19.3 Å². The van der Waals surface area contributed by atoms with Gasteiger partial charge in [-0.1, -0.05) is 106 Å². The van der Waals surface area contributed by atoms with Gasteiger partial charge in [-0.15, -0.1) is 0 Å². The zero-order valence-electron chi connectivity index (χ0n) is 25.3. The average molecular weight is 583 g/mol. The Labute approximate surface area is 256 Å². The third-order valence-corrected chi connectivity index (χ3v) is 8.02. The van der Waals surface area contributed by atoms with Gasteiger partial charge in [0.05, 0.1) is 18.7 Å². The molecule has 6 nitrogen and oxygen atoms in total. The van der Waals surface area contributed by atoms with Gasteiger partial charge in [0.15, 0.2) is 0 Å². The molecular formula is C37H46N2O4. The fourth-order valence-corrected chi connectivity index (χ4v) is 5.70. The Bertz CT molecular complexity index is 1220. The SMILES string of the molecule is OCCCCCCCCCCCOc1cc(C2=N[C@H](Cc3ccccc3)CO2)cc(C2=N[C@H](Cc3ccccc3)CO2)c1. The molecule has 0 radical (unpaired) electrons. The van der Waals surface area contributed by atoms with E-state index in [1.54, 1.807) is 0 Å². The predicted octanol–water partition coefficient (Wildman–Crippen LogP) is 7.34. The van der Waals surface area contributed by atoms with Crippen LogP contribution in [0.1, 0.15) is 80.0 Å². The van der Waals surface area contributed by atoms with E-state index in [2.05, 4.69) is 54.6 Å². The van der Waals surface area contributed by atoms with Crippen LogP contribution in [0.3, 0.4) is 0 Å². The molecule has 2 atom stereocenters. The van der Waals surface area contributed by atoms with Crippen molar-refractivity contribution in [3.8, 4) is 5.75 Å². The molecule has 0 bridgehead atoms. The Morgan fingerprint density at radius 2 is 1.07 bits per heavy atom. The van der Waals surface area contributed by atoms with Gasteiger partial charge in [-0.3, -0.25) is 0 Å². The number of unbranched alkanes of at least 4 members (excludes halogenated alkanes) is 8. The fourth-order valence-electron chi connectivity index (χ4n) is 5.70.